The predicted octanol–water partition coefficient (Wildman–Crippen LogP) is 4.70. The summed E-state index contributed by atoms with van der Waals surface area (Å²) in [5, 5.41) is 2.41. The predicted molar refractivity (Wildman–Crippen MR) is 100 cm³/mol. The van der Waals surface area contributed by atoms with Crippen LogP contribution in [0.3, 0.4) is 0 Å². The Morgan fingerprint density at radius 2 is 1.86 bits per heavy atom. The molecule has 0 radical (unpaired) electrons. The van der Waals surface area contributed by atoms with Gasteiger partial charge in [-0.15, -0.1) is 11.3 Å². The van der Waals surface area contributed by atoms with Gasteiger partial charge >= 0.3 is 6.18 Å². The van der Waals surface area contributed by atoms with Crippen molar-refractivity contribution >= 4 is 28.7 Å². The minimum absolute atomic E-state index is 0.0371. The van der Waals surface area contributed by atoms with E-state index in [0.29, 0.717) is 4.88 Å². The first-order chi connectivity index (χ1) is 13.2. The van der Waals surface area contributed by atoms with E-state index in [1.165, 1.54) is 18.4 Å². The third-order valence-electron chi connectivity index (χ3n) is 3.72. The van der Waals surface area contributed by atoms with Crippen molar-refractivity contribution in [3.05, 3.63) is 45.6 Å². The van der Waals surface area contributed by atoms with Crippen LogP contribution < -0.4 is 10.1 Å². The Bertz CT molecular complexity index is 833. The maximum absolute atomic E-state index is 13.0. The number of carbonyl (C=O) groups excluding carboxylic acids is 2. The van der Waals surface area contributed by atoms with Crippen molar-refractivity contribution in [2.24, 2.45) is 0 Å². The lowest BCUT2D eigenvalue weighted by molar-refractivity contribution is -0.137. The van der Waals surface area contributed by atoms with Crippen molar-refractivity contribution in [2.45, 2.75) is 25.9 Å². The van der Waals surface area contributed by atoms with E-state index in [1.54, 1.807) is 6.07 Å². The molecule has 1 heterocycles. The Balaban J connectivity index is 2.06. The molecule has 0 fully saturated rings. The second-order valence-corrected chi connectivity index (χ2v) is 7.22. The number of halogens is 3. The van der Waals surface area contributed by atoms with Gasteiger partial charge in [0.1, 0.15) is 12.4 Å². The maximum atomic E-state index is 13.0. The van der Waals surface area contributed by atoms with Gasteiger partial charge in [0, 0.05) is 24.8 Å². The Labute approximate surface area is 164 Å². The van der Waals surface area contributed by atoms with E-state index in [1.807, 2.05) is 13.0 Å². The van der Waals surface area contributed by atoms with Gasteiger partial charge in [0.05, 0.1) is 22.7 Å². The summed E-state index contributed by atoms with van der Waals surface area (Å²) in [5.74, 6) is -0.662. The highest BCUT2D eigenvalue weighted by molar-refractivity contribution is 7.14. The molecular formula is C19H20F3NO4S. The average Bonchev–Trinajstić information content (AvgIpc) is 3.06. The molecule has 152 valence electrons. The Hall–Kier alpha value is -2.39. The molecular weight excluding hydrogens is 395 g/mol. The highest BCUT2D eigenvalue weighted by Crippen LogP contribution is 2.35. The summed E-state index contributed by atoms with van der Waals surface area (Å²) < 4.78 is 49.1. The lowest BCUT2D eigenvalue weighted by Gasteiger charge is -2.15. The molecule has 0 atom stereocenters. The summed E-state index contributed by atoms with van der Waals surface area (Å²) in [6.45, 7) is 2.22. The largest absolute Gasteiger partial charge is 0.489 e. The zero-order chi connectivity index (χ0) is 20.7. The van der Waals surface area contributed by atoms with E-state index in [4.69, 9.17) is 9.47 Å². The van der Waals surface area contributed by atoms with E-state index in [9.17, 15) is 22.8 Å². The van der Waals surface area contributed by atoms with Crippen LogP contribution in [0.15, 0.2) is 30.3 Å². The molecule has 1 N–H and O–H groups in total. The number of aryl methyl sites for hydroxylation is 1. The van der Waals surface area contributed by atoms with Crippen LogP contribution in [0.4, 0.5) is 18.9 Å². The lowest BCUT2D eigenvalue weighted by Crippen LogP contribution is -2.16. The normalized spacial score (nSPS) is 11.3. The number of alkyl halides is 3. The van der Waals surface area contributed by atoms with Crippen LogP contribution >= 0.6 is 11.3 Å². The van der Waals surface area contributed by atoms with E-state index in [2.05, 4.69) is 5.32 Å². The number of anilines is 1. The fourth-order valence-corrected chi connectivity index (χ4v) is 3.15. The standard InChI is InChI=1S/C19H20F3NO4S/c1-12-3-7-17(28-12)15(24)5-8-18(25)23-14-11-13(19(20,21)22)4-6-16(14)27-10-9-26-2/h3-4,6-7,11H,5,8-10H2,1-2H3,(H,23,25). The molecule has 0 bridgehead atoms. The summed E-state index contributed by atoms with van der Waals surface area (Å²) in [6, 6.07) is 6.33. The molecule has 1 aromatic carbocycles. The number of methoxy groups -OCH3 is 1. The molecule has 9 heteroatoms. The monoisotopic (exact) mass is 415 g/mol. The van der Waals surface area contributed by atoms with Crippen molar-refractivity contribution < 1.29 is 32.2 Å². The highest BCUT2D eigenvalue weighted by Gasteiger charge is 2.31. The fraction of sp³-hybridized carbons (Fsp3) is 0.368. The number of carbonyl (C=O) groups is 2. The molecule has 0 aliphatic carbocycles. The molecule has 5 nitrogen and oxygen atoms in total. The van der Waals surface area contributed by atoms with Crippen LogP contribution in [-0.2, 0) is 15.7 Å². The van der Waals surface area contributed by atoms with Crippen LogP contribution in [0.1, 0.15) is 33.0 Å². The van der Waals surface area contributed by atoms with Crippen molar-refractivity contribution in [1.29, 1.82) is 0 Å². The molecule has 0 saturated carbocycles. The summed E-state index contributed by atoms with van der Waals surface area (Å²) in [7, 11) is 1.46. The minimum Gasteiger partial charge on any atom is -0.489 e. The van der Waals surface area contributed by atoms with Crippen LogP contribution in [0, 0.1) is 6.92 Å². The molecule has 0 saturated heterocycles. The number of rotatable bonds is 9. The lowest BCUT2D eigenvalue weighted by atomic mass is 10.1. The number of nitrogens with one attached hydrogen (secondary N) is 1. The summed E-state index contributed by atoms with van der Waals surface area (Å²) in [5.41, 5.74) is -1.01. The second-order valence-electron chi connectivity index (χ2n) is 5.93. The van der Waals surface area contributed by atoms with E-state index in [0.717, 1.165) is 23.1 Å². The number of ether oxygens (including phenoxy) is 2. The van der Waals surface area contributed by atoms with E-state index in [-0.39, 0.29) is 43.3 Å². The molecule has 1 amide bonds. The van der Waals surface area contributed by atoms with Gasteiger partial charge in [-0.05, 0) is 37.3 Å². The van der Waals surface area contributed by atoms with Crippen LogP contribution in [0.5, 0.6) is 5.75 Å². The molecule has 0 aliphatic rings. The summed E-state index contributed by atoms with van der Waals surface area (Å²) in [4.78, 5) is 25.8. The smallest absolute Gasteiger partial charge is 0.416 e. The number of hydrogen-bond acceptors (Lipinski definition) is 5. The molecule has 0 unspecified atom stereocenters. The van der Waals surface area contributed by atoms with Gasteiger partial charge in [0.2, 0.25) is 5.91 Å². The van der Waals surface area contributed by atoms with E-state index < -0.39 is 17.6 Å². The summed E-state index contributed by atoms with van der Waals surface area (Å²) >= 11 is 1.33. The first kappa shape index (κ1) is 21.9. The molecule has 28 heavy (non-hydrogen) atoms. The average molecular weight is 415 g/mol. The number of hydrogen-bond donors (Lipinski definition) is 1. The van der Waals surface area contributed by atoms with Crippen molar-refractivity contribution in [2.75, 3.05) is 25.6 Å². The van der Waals surface area contributed by atoms with Gasteiger partial charge in [0.15, 0.2) is 5.78 Å². The quantitative estimate of drug-likeness (QED) is 0.476. The number of ketones is 1. The molecule has 1 aromatic heterocycles. The van der Waals surface area contributed by atoms with Crippen molar-refractivity contribution in [3.8, 4) is 5.75 Å². The zero-order valence-corrected chi connectivity index (χ0v) is 16.2. The fourth-order valence-electron chi connectivity index (χ4n) is 2.31. The Morgan fingerprint density at radius 1 is 1.11 bits per heavy atom. The van der Waals surface area contributed by atoms with Crippen LogP contribution in [0.2, 0.25) is 0 Å². The molecule has 0 aliphatic heterocycles. The van der Waals surface area contributed by atoms with Gasteiger partial charge in [0.25, 0.3) is 0 Å². The highest BCUT2D eigenvalue weighted by atomic mass is 32.1. The van der Waals surface area contributed by atoms with Gasteiger partial charge in [-0.3, -0.25) is 9.59 Å². The Kier molecular flexibility index (Phi) is 7.59. The van der Waals surface area contributed by atoms with Gasteiger partial charge in [-0.2, -0.15) is 13.2 Å². The topological polar surface area (TPSA) is 64.6 Å². The number of thiophene rings is 1. The number of benzene rings is 1. The first-order valence-electron chi connectivity index (χ1n) is 8.43. The van der Waals surface area contributed by atoms with Crippen LogP contribution in [0.25, 0.3) is 0 Å². The van der Waals surface area contributed by atoms with Crippen molar-refractivity contribution in [3.63, 3.8) is 0 Å². The Morgan fingerprint density at radius 3 is 2.46 bits per heavy atom. The number of Topliss-reactive ketones (excluding diaryl/α,β-unsaturated/α-hetero) is 1. The second kappa shape index (κ2) is 9.70. The van der Waals surface area contributed by atoms with E-state index >= 15 is 0 Å². The zero-order valence-electron chi connectivity index (χ0n) is 15.4. The first-order valence-corrected chi connectivity index (χ1v) is 9.25. The minimum atomic E-state index is -4.56. The van der Waals surface area contributed by atoms with Crippen molar-refractivity contribution in [1.82, 2.24) is 0 Å². The number of amides is 1. The van der Waals surface area contributed by atoms with Crippen LogP contribution in [-0.4, -0.2) is 32.0 Å². The van der Waals surface area contributed by atoms with Gasteiger partial charge < -0.3 is 14.8 Å². The SMILES string of the molecule is COCCOc1ccc(C(F)(F)F)cc1NC(=O)CCC(=O)c1ccc(C)s1. The summed E-state index contributed by atoms with van der Waals surface area (Å²) in [6.07, 6.45) is -4.74. The molecule has 0 spiro atoms. The maximum Gasteiger partial charge on any atom is 0.416 e. The van der Waals surface area contributed by atoms with Gasteiger partial charge in [-0.25, -0.2) is 0 Å². The third kappa shape index (κ3) is 6.35. The van der Waals surface area contributed by atoms with Gasteiger partial charge in [-0.1, -0.05) is 0 Å². The molecule has 2 rings (SSSR count). The third-order valence-corrected chi connectivity index (χ3v) is 4.76. The molecule has 2 aromatic rings.